The van der Waals surface area contributed by atoms with Crippen LogP contribution in [0.25, 0.3) is 11.0 Å². The number of aryl methyl sites for hydroxylation is 2. The smallest absolute Gasteiger partial charge is 0.407 e. The highest BCUT2D eigenvalue weighted by molar-refractivity contribution is 6.04. The zero-order chi connectivity index (χ0) is 28.0. The molecule has 0 saturated carbocycles. The van der Waals surface area contributed by atoms with Crippen LogP contribution in [0.3, 0.4) is 0 Å². The SMILES string of the molecule is CCn1nc(C)cc1C(=O)Nc1nc2cc(C(=O)OC)cc(OC)c2n1CC=CCNC(=O)OC(C)(C)C. The first-order chi connectivity index (χ1) is 18.0. The molecule has 2 amide bonds. The number of hydrogen-bond donors (Lipinski definition) is 2. The molecule has 12 nitrogen and oxygen atoms in total. The second kappa shape index (κ2) is 11.8. The van der Waals surface area contributed by atoms with E-state index in [0.29, 0.717) is 29.0 Å². The number of imidazole rings is 1. The highest BCUT2D eigenvalue weighted by Crippen LogP contribution is 2.31. The van der Waals surface area contributed by atoms with E-state index in [4.69, 9.17) is 14.2 Å². The van der Waals surface area contributed by atoms with Gasteiger partial charge in [0.2, 0.25) is 5.95 Å². The summed E-state index contributed by atoms with van der Waals surface area (Å²) in [5, 5.41) is 9.85. The predicted molar refractivity (Wildman–Crippen MR) is 142 cm³/mol. The van der Waals surface area contributed by atoms with Crippen LogP contribution in [-0.2, 0) is 22.6 Å². The van der Waals surface area contributed by atoms with Gasteiger partial charge in [-0.2, -0.15) is 5.10 Å². The van der Waals surface area contributed by atoms with Gasteiger partial charge in [0.1, 0.15) is 22.6 Å². The van der Waals surface area contributed by atoms with Gasteiger partial charge in [0, 0.05) is 19.6 Å². The molecule has 0 saturated heterocycles. The predicted octanol–water partition coefficient (Wildman–Crippen LogP) is 3.69. The van der Waals surface area contributed by atoms with Crippen LogP contribution in [0, 0.1) is 6.92 Å². The van der Waals surface area contributed by atoms with Gasteiger partial charge in [-0.1, -0.05) is 12.2 Å². The number of carbonyl (C=O) groups excluding carboxylic acids is 3. The fourth-order valence-corrected chi connectivity index (χ4v) is 3.75. The Bertz CT molecular complexity index is 1360. The van der Waals surface area contributed by atoms with Crippen molar-refractivity contribution >= 4 is 35.0 Å². The van der Waals surface area contributed by atoms with Crippen molar-refractivity contribution in [1.29, 1.82) is 0 Å². The summed E-state index contributed by atoms with van der Waals surface area (Å²) in [6.07, 6.45) is 3.04. The Labute approximate surface area is 220 Å². The summed E-state index contributed by atoms with van der Waals surface area (Å²) < 4.78 is 19.0. The van der Waals surface area contributed by atoms with Gasteiger partial charge in [-0.05, 0) is 52.8 Å². The van der Waals surface area contributed by atoms with Crippen molar-refractivity contribution in [2.75, 3.05) is 26.1 Å². The molecule has 0 atom stereocenters. The second-order valence-corrected chi connectivity index (χ2v) is 9.38. The van der Waals surface area contributed by atoms with Gasteiger partial charge in [-0.3, -0.25) is 14.8 Å². The van der Waals surface area contributed by atoms with Gasteiger partial charge in [-0.25, -0.2) is 14.6 Å². The molecular weight excluding hydrogens is 492 g/mol. The molecule has 2 heterocycles. The van der Waals surface area contributed by atoms with Gasteiger partial charge < -0.3 is 24.1 Å². The summed E-state index contributed by atoms with van der Waals surface area (Å²) in [7, 11) is 2.77. The van der Waals surface area contributed by atoms with E-state index in [0.717, 1.165) is 5.69 Å². The van der Waals surface area contributed by atoms with E-state index < -0.39 is 17.7 Å². The number of fused-ring (bicyclic) bond motifs is 1. The fourth-order valence-electron chi connectivity index (χ4n) is 3.75. The fraction of sp³-hybridized carbons (Fsp3) is 0.423. The number of amides is 2. The first kappa shape index (κ1) is 28.2. The molecule has 1 aromatic carbocycles. The first-order valence-corrected chi connectivity index (χ1v) is 12.1. The molecule has 2 N–H and O–H groups in total. The lowest BCUT2D eigenvalue weighted by atomic mass is 10.2. The number of methoxy groups -OCH3 is 2. The average Bonchev–Trinajstić information content (AvgIpc) is 3.41. The summed E-state index contributed by atoms with van der Waals surface area (Å²) >= 11 is 0. The Morgan fingerprint density at radius 1 is 1.11 bits per heavy atom. The Hall–Kier alpha value is -4.35. The van der Waals surface area contributed by atoms with Crippen LogP contribution in [0.5, 0.6) is 5.75 Å². The average molecular weight is 527 g/mol. The minimum Gasteiger partial charge on any atom is -0.494 e. The summed E-state index contributed by atoms with van der Waals surface area (Å²) in [5.74, 6) is -0.297. The molecule has 0 aliphatic rings. The lowest BCUT2D eigenvalue weighted by molar-refractivity contribution is 0.0532. The minimum atomic E-state index is -0.595. The van der Waals surface area contributed by atoms with E-state index in [2.05, 4.69) is 20.7 Å². The van der Waals surface area contributed by atoms with E-state index in [-0.39, 0.29) is 30.5 Å². The van der Waals surface area contributed by atoms with Crippen molar-refractivity contribution in [1.82, 2.24) is 24.6 Å². The van der Waals surface area contributed by atoms with Crippen LogP contribution in [0.2, 0.25) is 0 Å². The van der Waals surface area contributed by atoms with Crippen molar-refractivity contribution < 1.29 is 28.6 Å². The zero-order valence-electron chi connectivity index (χ0n) is 22.7. The maximum Gasteiger partial charge on any atom is 0.407 e. The maximum atomic E-state index is 13.2. The molecule has 3 aromatic rings. The third-order valence-electron chi connectivity index (χ3n) is 5.33. The quantitative estimate of drug-likeness (QED) is 0.318. The van der Waals surface area contributed by atoms with E-state index in [1.54, 1.807) is 54.3 Å². The molecule has 0 aliphatic carbocycles. The maximum absolute atomic E-state index is 13.2. The van der Waals surface area contributed by atoms with Crippen LogP contribution in [0.4, 0.5) is 10.7 Å². The molecule has 12 heteroatoms. The Morgan fingerprint density at radius 2 is 1.84 bits per heavy atom. The number of hydrogen-bond acceptors (Lipinski definition) is 8. The molecule has 2 aromatic heterocycles. The third-order valence-corrected chi connectivity index (χ3v) is 5.33. The zero-order valence-corrected chi connectivity index (χ0v) is 22.7. The Kier molecular flexibility index (Phi) is 8.76. The first-order valence-electron chi connectivity index (χ1n) is 12.1. The summed E-state index contributed by atoms with van der Waals surface area (Å²) in [4.78, 5) is 41.8. The number of ether oxygens (including phenoxy) is 3. The number of rotatable bonds is 9. The van der Waals surface area contributed by atoms with Gasteiger partial charge >= 0.3 is 12.1 Å². The number of nitrogens with one attached hydrogen (secondary N) is 2. The number of aromatic nitrogens is 4. The molecule has 0 radical (unpaired) electrons. The number of alkyl carbamates (subject to hydrolysis) is 1. The molecular formula is C26H34N6O6. The van der Waals surface area contributed by atoms with E-state index in [9.17, 15) is 14.4 Å². The van der Waals surface area contributed by atoms with Crippen LogP contribution >= 0.6 is 0 Å². The molecule has 38 heavy (non-hydrogen) atoms. The van der Waals surface area contributed by atoms with Crippen molar-refractivity contribution in [3.8, 4) is 5.75 Å². The van der Waals surface area contributed by atoms with Crippen LogP contribution in [0.15, 0.2) is 30.4 Å². The van der Waals surface area contributed by atoms with Gasteiger partial charge in [0.15, 0.2) is 0 Å². The van der Waals surface area contributed by atoms with Crippen molar-refractivity contribution in [3.05, 3.63) is 47.3 Å². The molecule has 0 fully saturated rings. The Balaban J connectivity index is 1.94. The van der Waals surface area contributed by atoms with Crippen molar-refractivity contribution in [2.45, 2.75) is 53.3 Å². The topological polar surface area (TPSA) is 139 Å². The lowest BCUT2D eigenvalue weighted by Crippen LogP contribution is -2.32. The largest absolute Gasteiger partial charge is 0.494 e. The number of carbonyl (C=O) groups is 3. The van der Waals surface area contributed by atoms with E-state index >= 15 is 0 Å². The van der Waals surface area contributed by atoms with E-state index in [1.807, 2.05) is 19.9 Å². The summed E-state index contributed by atoms with van der Waals surface area (Å²) in [6, 6.07) is 4.83. The lowest BCUT2D eigenvalue weighted by Gasteiger charge is -2.19. The monoisotopic (exact) mass is 526 g/mol. The summed E-state index contributed by atoms with van der Waals surface area (Å²) in [6.45, 7) is 10.1. The number of allylic oxidation sites excluding steroid dienone is 1. The van der Waals surface area contributed by atoms with Crippen molar-refractivity contribution in [2.24, 2.45) is 0 Å². The van der Waals surface area contributed by atoms with Gasteiger partial charge in [0.25, 0.3) is 5.91 Å². The van der Waals surface area contributed by atoms with Crippen LogP contribution < -0.4 is 15.4 Å². The highest BCUT2D eigenvalue weighted by atomic mass is 16.6. The minimum absolute atomic E-state index is 0.238. The summed E-state index contributed by atoms with van der Waals surface area (Å²) in [5.41, 5.74) is 1.78. The van der Waals surface area contributed by atoms with Gasteiger partial charge in [0.05, 0.1) is 31.0 Å². The Morgan fingerprint density at radius 3 is 2.47 bits per heavy atom. The van der Waals surface area contributed by atoms with Crippen LogP contribution in [-0.4, -0.2) is 63.7 Å². The molecule has 204 valence electrons. The third kappa shape index (κ3) is 6.69. The standard InChI is InChI=1S/C26H34N6O6/c1-8-32-19(13-16(2)30-32)22(33)29-24-28-18-14-17(23(34)37-7)15-20(36-6)21(18)31(24)12-10-9-11-27-25(35)38-26(3,4)5/h9-10,13-15H,8,11-12H2,1-7H3,(H,27,35)(H,28,29,33). The number of nitrogens with zero attached hydrogens (tertiary/aromatic N) is 4. The number of esters is 1. The molecule has 3 rings (SSSR count). The number of anilines is 1. The molecule has 0 spiro atoms. The second-order valence-electron chi connectivity index (χ2n) is 9.38. The molecule has 0 unspecified atom stereocenters. The van der Waals surface area contributed by atoms with Crippen LogP contribution in [0.1, 0.15) is 54.2 Å². The molecule has 0 bridgehead atoms. The number of benzene rings is 1. The van der Waals surface area contributed by atoms with Crippen molar-refractivity contribution in [3.63, 3.8) is 0 Å². The highest BCUT2D eigenvalue weighted by Gasteiger charge is 2.22. The van der Waals surface area contributed by atoms with Gasteiger partial charge in [-0.15, -0.1) is 0 Å². The molecule has 0 aliphatic heterocycles. The van der Waals surface area contributed by atoms with E-state index in [1.165, 1.54) is 14.2 Å². The normalized spacial score (nSPS) is 11.6.